The summed E-state index contributed by atoms with van der Waals surface area (Å²) < 4.78 is 16.0. The molecule has 112 valence electrons. The molecule has 0 aromatic heterocycles. The maximum absolute atomic E-state index is 6.38. The van der Waals surface area contributed by atoms with Crippen LogP contribution in [0.2, 0.25) is 5.02 Å². The minimum Gasteiger partial charge on any atom is -0.497 e. The van der Waals surface area contributed by atoms with Crippen LogP contribution in [-0.2, 0) is 0 Å². The molecule has 0 aliphatic heterocycles. The second-order valence-corrected chi connectivity index (χ2v) is 4.91. The van der Waals surface area contributed by atoms with Crippen LogP contribution in [-0.4, -0.2) is 21.3 Å². The molecular weight excluding hydrogens is 290 g/mol. The molecule has 1 atom stereocenters. The SMILES string of the molecule is COc1ccc(OC)c(C(N)c2ccc(Cl)cc2OC)c1. The molecule has 0 radical (unpaired) electrons. The van der Waals surface area contributed by atoms with Gasteiger partial charge >= 0.3 is 0 Å². The minimum atomic E-state index is -0.415. The highest BCUT2D eigenvalue weighted by atomic mass is 35.5. The van der Waals surface area contributed by atoms with Crippen molar-refractivity contribution in [1.29, 1.82) is 0 Å². The van der Waals surface area contributed by atoms with Crippen LogP contribution in [0.4, 0.5) is 0 Å². The molecular formula is C16H18ClNO3. The van der Waals surface area contributed by atoms with Gasteiger partial charge in [-0.25, -0.2) is 0 Å². The number of hydrogen-bond donors (Lipinski definition) is 1. The average Bonchev–Trinajstić information content (AvgIpc) is 2.53. The van der Waals surface area contributed by atoms with Crippen molar-refractivity contribution >= 4 is 11.6 Å². The highest BCUT2D eigenvalue weighted by Crippen LogP contribution is 2.36. The summed E-state index contributed by atoms with van der Waals surface area (Å²) in [5, 5.41) is 0.598. The minimum absolute atomic E-state index is 0.415. The lowest BCUT2D eigenvalue weighted by Gasteiger charge is -2.19. The number of ether oxygens (including phenoxy) is 3. The smallest absolute Gasteiger partial charge is 0.125 e. The van der Waals surface area contributed by atoms with Gasteiger partial charge in [-0.2, -0.15) is 0 Å². The summed E-state index contributed by atoms with van der Waals surface area (Å²) in [6, 6.07) is 10.5. The lowest BCUT2D eigenvalue weighted by atomic mass is 9.97. The quantitative estimate of drug-likeness (QED) is 0.919. The Balaban J connectivity index is 2.50. The van der Waals surface area contributed by atoms with Crippen LogP contribution in [0.25, 0.3) is 0 Å². The Kier molecular flexibility index (Phi) is 4.94. The van der Waals surface area contributed by atoms with Crippen molar-refractivity contribution in [2.24, 2.45) is 5.73 Å². The van der Waals surface area contributed by atoms with E-state index in [1.165, 1.54) is 0 Å². The molecule has 0 amide bonds. The highest BCUT2D eigenvalue weighted by Gasteiger charge is 2.19. The van der Waals surface area contributed by atoms with E-state index in [-0.39, 0.29) is 0 Å². The summed E-state index contributed by atoms with van der Waals surface area (Å²) in [6.07, 6.45) is 0. The third-order valence-electron chi connectivity index (χ3n) is 3.30. The average molecular weight is 308 g/mol. The third kappa shape index (κ3) is 3.23. The molecule has 0 aliphatic rings. The Hall–Kier alpha value is -1.91. The van der Waals surface area contributed by atoms with E-state index in [0.29, 0.717) is 22.3 Å². The van der Waals surface area contributed by atoms with Gasteiger partial charge in [0.1, 0.15) is 17.2 Å². The van der Waals surface area contributed by atoms with E-state index in [2.05, 4.69) is 0 Å². The van der Waals surface area contributed by atoms with Gasteiger partial charge in [0, 0.05) is 16.1 Å². The number of rotatable bonds is 5. The van der Waals surface area contributed by atoms with Crippen molar-refractivity contribution in [3.05, 3.63) is 52.5 Å². The zero-order valence-electron chi connectivity index (χ0n) is 12.2. The fraction of sp³-hybridized carbons (Fsp3) is 0.250. The molecule has 5 heteroatoms. The van der Waals surface area contributed by atoms with Gasteiger partial charge in [0.05, 0.1) is 27.4 Å². The highest BCUT2D eigenvalue weighted by molar-refractivity contribution is 6.30. The Morgan fingerprint density at radius 3 is 2.19 bits per heavy atom. The second kappa shape index (κ2) is 6.70. The molecule has 2 rings (SSSR count). The predicted octanol–water partition coefficient (Wildman–Crippen LogP) is 3.41. The van der Waals surface area contributed by atoms with Crippen molar-refractivity contribution in [3.8, 4) is 17.2 Å². The van der Waals surface area contributed by atoms with Crippen LogP contribution in [0.15, 0.2) is 36.4 Å². The van der Waals surface area contributed by atoms with Crippen LogP contribution in [0.3, 0.4) is 0 Å². The molecule has 0 fully saturated rings. The first-order chi connectivity index (χ1) is 10.1. The van der Waals surface area contributed by atoms with Gasteiger partial charge in [0.25, 0.3) is 0 Å². The Morgan fingerprint density at radius 1 is 0.857 bits per heavy atom. The summed E-state index contributed by atoms with van der Waals surface area (Å²) in [6.45, 7) is 0. The third-order valence-corrected chi connectivity index (χ3v) is 3.54. The van der Waals surface area contributed by atoms with Crippen LogP contribution in [0, 0.1) is 0 Å². The van der Waals surface area contributed by atoms with Crippen molar-refractivity contribution in [2.75, 3.05) is 21.3 Å². The molecule has 4 nitrogen and oxygen atoms in total. The van der Waals surface area contributed by atoms with Crippen LogP contribution in [0.5, 0.6) is 17.2 Å². The van der Waals surface area contributed by atoms with Crippen LogP contribution >= 0.6 is 11.6 Å². The largest absolute Gasteiger partial charge is 0.497 e. The summed E-state index contributed by atoms with van der Waals surface area (Å²) in [5.41, 5.74) is 8.03. The zero-order chi connectivity index (χ0) is 15.4. The van der Waals surface area contributed by atoms with Crippen molar-refractivity contribution in [1.82, 2.24) is 0 Å². The Bertz CT molecular complexity index is 631. The van der Waals surface area contributed by atoms with Gasteiger partial charge in [0.2, 0.25) is 0 Å². The molecule has 21 heavy (non-hydrogen) atoms. The van der Waals surface area contributed by atoms with Crippen LogP contribution < -0.4 is 19.9 Å². The lowest BCUT2D eigenvalue weighted by Crippen LogP contribution is -2.14. The lowest BCUT2D eigenvalue weighted by molar-refractivity contribution is 0.393. The fourth-order valence-corrected chi connectivity index (χ4v) is 2.35. The molecule has 0 heterocycles. The molecule has 0 aliphatic carbocycles. The topological polar surface area (TPSA) is 53.7 Å². The molecule has 2 aromatic carbocycles. The van der Waals surface area contributed by atoms with E-state index in [1.54, 1.807) is 33.5 Å². The summed E-state index contributed by atoms with van der Waals surface area (Å²) in [7, 11) is 4.81. The molecule has 0 spiro atoms. The van der Waals surface area contributed by atoms with Gasteiger partial charge < -0.3 is 19.9 Å². The first-order valence-electron chi connectivity index (χ1n) is 6.41. The van der Waals surface area contributed by atoms with Crippen molar-refractivity contribution in [3.63, 3.8) is 0 Å². The van der Waals surface area contributed by atoms with E-state index in [0.717, 1.165) is 11.1 Å². The predicted molar refractivity (Wildman–Crippen MR) is 83.6 cm³/mol. The van der Waals surface area contributed by atoms with Crippen molar-refractivity contribution < 1.29 is 14.2 Å². The summed E-state index contributed by atoms with van der Waals surface area (Å²) >= 11 is 5.99. The normalized spacial score (nSPS) is 11.9. The number of hydrogen-bond acceptors (Lipinski definition) is 4. The van der Waals surface area contributed by atoms with Gasteiger partial charge in [-0.15, -0.1) is 0 Å². The second-order valence-electron chi connectivity index (χ2n) is 4.47. The van der Waals surface area contributed by atoms with Gasteiger partial charge in [-0.05, 0) is 30.3 Å². The number of halogens is 1. The summed E-state index contributed by atoms with van der Waals surface area (Å²) in [4.78, 5) is 0. The maximum atomic E-state index is 6.38. The number of benzene rings is 2. The zero-order valence-corrected chi connectivity index (χ0v) is 13.0. The van der Waals surface area contributed by atoms with E-state index in [1.807, 2.05) is 24.3 Å². The molecule has 0 saturated carbocycles. The van der Waals surface area contributed by atoms with Gasteiger partial charge in [-0.3, -0.25) is 0 Å². The molecule has 2 N–H and O–H groups in total. The number of methoxy groups -OCH3 is 3. The first-order valence-corrected chi connectivity index (χ1v) is 6.79. The molecule has 0 saturated heterocycles. The standard InChI is InChI=1S/C16H18ClNO3/c1-19-11-5-7-14(20-2)13(9-11)16(18)12-6-4-10(17)8-15(12)21-3/h4-9,16H,18H2,1-3H3. The maximum Gasteiger partial charge on any atom is 0.125 e. The van der Waals surface area contributed by atoms with E-state index >= 15 is 0 Å². The summed E-state index contributed by atoms with van der Waals surface area (Å²) in [5.74, 6) is 2.05. The van der Waals surface area contributed by atoms with E-state index < -0.39 is 6.04 Å². The van der Waals surface area contributed by atoms with Crippen molar-refractivity contribution in [2.45, 2.75) is 6.04 Å². The Morgan fingerprint density at radius 2 is 1.57 bits per heavy atom. The Labute approximate surface area is 129 Å². The van der Waals surface area contributed by atoms with Crippen LogP contribution in [0.1, 0.15) is 17.2 Å². The number of nitrogens with two attached hydrogens (primary N) is 1. The molecule has 0 bridgehead atoms. The first kappa shape index (κ1) is 15.5. The fourth-order valence-electron chi connectivity index (χ4n) is 2.19. The molecule has 1 unspecified atom stereocenters. The molecule has 2 aromatic rings. The van der Waals surface area contributed by atoms with Gasteiger partial charge in [-0.1, -0.05) is 17.7 Å². The van der Waals surface area contributed by atoms with E-state index in [9.17, 15) is 0 Å². The van der Waals surface area contributed by atoms with E-state index in [4.69, 9.17) is 31.5 Å². The monoisotopic (exact) mass is 307 g/mol. The van der Waals surface area contributed by atoms with Gasteiger partial charge in [0.15, 0.2) is 0 Å².